The van der Waals surface area contributed by atoms with Crippen LogP contribution in [0.2, 0.25) is 0 Å². The van der Waals surface area contributed by atoms with Crippen molar-refractivity contribution in [1.82, 2.24) is 0 Å². The maximum absolute atomic E-state index is 10.2. The van der Waals surface area contributed by atoms with Crippen molar-refractivity contribution in [3.05, 3.63) is 29.8 Å². The van der Waals surface area contributed by atoms with Crippen LogP contribution in [-0.2, 0) is 10.2 Å². The van der Waals surface area contributed by atoms with Gasteiger partial charge < -0.3 is 4.74 Å². The van der Waals surface area contributed by atoms with Crippen LogP contribution < -0.4 is 4.74 Å². The topological polar surface area (TPSA) is 26.3 Å². The number of ether oxygens (including phenoxy) is 1. The molecule has 0 aliphatic heterocycles. The van der Waals surface area contributed by atoms with Crippen molar-refractivity contribution < 1.29 is 9.53 Å². The molecule has 0 N–H and O–H groups in total. The van der Waals surface area contributed by atoms with Crippen LogP contribution in [0.15, 0.2) is 24.3 Å². The van der Waals surface area contributed by atoms with E-state index in [1.54, 1.807) is 0 Å². The third-order valence-electron chi connectivity index (χ3n) is 2.93. The third-order valence-corrected chi connectivity index (χ3v) is 2.93. The molecule has 0 radical (unpaired) electrons. The number of hydrogen-bond donors (Lipinski definition) is 0. The SMILES string of the molecule is CC(C)(C)CC(C)(C)c1ccc(OCC=O)cc1. The minimum Gasteiger partial charge on any atom is -0.486 e. The molecule has 0 atom stereocenters. The predicted octanol–water partition coefficient (Wildman–Crippen LogP) is 3.98. The molecule has 18 heavy (non-hydrogen) atoms. The lowest BCUT2D eigenvalue weighted by atomic mass is 9.72. The molecule has 0 amide bonds. The number of carbonyl (C=O) groups excluding carboxylic acids is 1. The van der Waals surface area contributed by atoms with Crippen LogP contribution >= 0.6 is 0 Å². The molecular weight excluding hydrogens is 224 g/mol. The highest BCUT2D eigenvalue weighted by Gasteiger charge is 2.27. The van der Waals surface area contributed by atoms with Gasteiger partial charge in [0.1, 0.15) is 12.4 Å². The Balaban J connectivity index is 2.80. The van der Waals surface area contributed by atoms with Gasteiger partial charge in [-0.2, -0.15) is 0 Å². The Labute approximate surface area is 110 Å². The van der Waals surface area contributed by atoms with Gasteiger partial charge in [0.15, 0.2) is 6.29 Å². The molecule has 0 saturated carbocycles. The summed E-state index contributed by atoms with van der Waals surface area (Å²) in [5, 5.41) is 0. The first-order chi connectivity index (χ1) is 8.24. The van der Waals surface area contributed by atoms with Crippen LogP contribution in [0.5, 0.6) is 5.75 Å². The maximum atomic E-state index is 10.2. The predicted molar refractivity (Wildman–Crippen MR) is 75.1 cm³/mol. The van der Waals surface area contributed by atoms with Crippen molar-refractivity contribution in [3.63, 3.8) is 0 Å². The summed E-state index contributed by atoms with van der Waals surface area (Å²) in [5.41, 5.74) is 1.74. The second-order valence-electron chi connectivity index (χ2n) is 6.62. The fraction of sp³-hybridized carbons (Fsp3) is 0.562. The van der Waals surface area contributed by atoms with E-state index in [1.165, 1.54) is 5.56 Å². The Morgan fingerprint density at radius 2 is 1.61 bits per heavy atom. The van der Waals surface area contributed by atoms with Crippen molar-refractivity contribution >= 4 is 6.29 Å². The minimum absolute atomic E-state index is 0.116. The summed E-state index contributed by atoms with van der Waals surface area (Å²) >= 11 is 0. The summed E-state index contributed by atoms with van der Waals surface area (Å²) in [7, 11) is 0. The van der Waals surface area contributed by atoms with Gasteiger partial charge in [0.05, 0.1) is 0 Å². The first kappa shape index (κ1) is 14.7. The van der Waals surface area contributed by atoms with Crippen LogP contribution in [-0.4, -0.2) is 12.9 Å². The molecule has 1 aromatic carbocycles. The van der Waals surface area contributed by atoms with E-state index in [2.05, 4.69) is 46.8 Å². The Morgan fingerprint density at radius 1 is 1.06 bits per heavy atom. The summed E-state index contributed by atoms with van der Waals surface area (Å²) in [6, 6.07) is 8.05. The molecule has 2 heteroatoms. The van der Waals surface area contributed by atoms with Gasteiger partial charge in [-0.15, -0.1) is 0 Å². The normalized spacial score (nSPS) is 12.3. The number of benzene rings is 1. The van der Waals surface area contributed by atoms with Crippen LogP contribution in [0.3, 0.4) is 0 Å². The summed E-state index contributed by atoms with van der Waals surface area (Å²) in [6.07, 6.45) is 1.88. The molecule has 2 nitrogen and oxygen atoms in total. The Bertz CT molecular complexity index is 383. The molecule has 100 valence electrons. The molecule has 0 saturated heterocycles. The van der Waals surface area contributed by atoms with Crippen molar-refractivity contribution in [2.75, 3.05) is 6.61 Å². The van der Waals surface area contributed by atoms with E-state index in [4.69, 9.17) is 4.74 Å². The zero-order chi connectivity index (χ0) is 13.8. The third kappa shape index (κ3) is 4.52. The molecule has 0 spiro atoms. The van der Waals surface area contributed by atoms with E-state index in [1.807, 2.05) is 12.1 Å². The van der Waals surface area contributed by atoms with Gasteiger partial charge in [-0.3, -0.25) is 4.79 Å². The van der Waals surface area contributed by atoms with Crippen molar-refractivity contribution in [2.24, 2.45) is 5.41 Å². The van der Waals surface area contributed by atoms with E-state index in [0.717, 1.165) is 18.5 Å². The van der Waals surface area contributed by atoms with E-state index in [9.17, 15) is 4.79 Å². The molecule has 1 rings (SSSR count). The highest BCUT2D eigenvalue weighted by Crippen LogP contribution is 2.36. The summed E-state index contributed by atoms with van der Waals surface area (Å²) in [5.74, 6) is 0.748. The molecule has 0 heterocycles. The maximum Gasteiger partial charge on any atom is 0.157 e. The first-order valence-electron chi connectivity index (χ1n) is 6.42. The molecule has 0 fully saturated rings. The van der Waals surface area contributed by atoms with Gasteiger partial charge in [-0.1, -0.05) is 46.8 Å². The standard InChI is InChI=1S/C16H24O2/c1-15(2,3)12-16(4,5)13-6-8-14(9-7-13)18-11-10-17/h6-10H,11-12H2,1-5H3. The fourth-order valence-corrected chi connectivity index (χ4v) is 2.56. The molecule has 0 aliphatic rings. The molecule has 0 unspecified atom stereocenters. The van der Waals surface area contributed by atoms with Crippen molar-refractivity contribution in [3.8, 4) is 5.75 Å². The molecule has 0 aromatic heterocycles. The molecule has 0 aliphatic carbocycles. The fourth-order valence-electron chi connectivity index (χ4n) is 2.56. The van der Waals surface area contributed by atoms with E-state index < -0.39 is 0 Å². The van der Waals surface area contributed by atoms with Gasteiger partial charge in [0, 0.05) is 0 Å². The van der Waals surface area contributed by atoms with E-state index in [0.29, 0.717) is 5.41 Å². The van der Waals surface area contributed by atoms with Crippen LogP contribution in [0, 0.1) is 5.41 Å². The smallest absolute Gasteiger partial charge is 0.157 e. The Morgan fingerprint density at radius 3 is 2.06 bits per heavy atom. The highest BCUT2D eigenvalue weighted by atomic mass is 16.5. The van der Waals surface area contributed by atoms with Crippen LogP contribution in [0.1, 0.15) is 46.6 Å². The summed E-state index contributed by atoms with van der Waals surface area (Å²) in [4.78, 5) is 10.2. The number of carbonyl (C=O) groups is 1. The molecule has 1 aromatic rings. The highest BCUT2D eigenvalue weighted by molar-refractivity contribution is 5.51. The quantitative estimate of drug-likeness (QED) is 0.737. The molecular formula is C16H24O2. The van der Waals surface area contributed by atoms with Gasteiger partial charge in [0.2, 0.25) is 0 Å². The zero-order valence-electron chi connectivity index (χ0n) is 12.1. The second kappa shape index (κ2) is 5.55. The lowest BCUT2D eigenvalue weighted by Gasteiger charge is -2.33. The number of hydrogen-bond acceptors (Lipinski definition) is 2. The van der Waals surface area contributed by atoms with Gasteiger partial charge >= 0.3 is 0 Å². The lowest BCUT2D eigenvalue weighted by molar-refractivity contribution is -0.109. The molecule has 0 bridgehead atoms. The van der Waals surface area contributed by atoms with Gasteiger partial charge in [0.25, 0.3) is 0 Å². The Hall–Kier alpha value is -1.31. The monoisotopic (exact) mass is 248 g/mol. The first-order valence-corrected chi connectivity index (χ1v) is 6.42. The Kier molecular flexibility index (Phi) is 4.55. The van der Waals surface area contributed by atoms with Crippen molar-refractivity contribution in [2.45, 2.75) is 46.5 Å². The zero-order valence-corrected chi connectivity index (χ0v) is 12.1. The summed E-state index contributed by atoms with van der Waals surface area (Å²) < 4.78 is 5.26. The largest absolute Gasteiger partial charge is 0.486 e. The average molecular weight is 248 g/mol. The van der Waals surface area contributed by atoms with E-state index in [-0.39, 0.29) is 12.0 Å². The van der Waals surface area contributed by atoms with E-state index >= 15 is 0 Å². The van der Waals surface area contributed by atoms with Crippen LogP contribution in [0.4, 0.5) is 0 Å². The van der Waals surface area contributed by atoms with Crippen molar-refractivity contribution in [1.29, 1.82) is 0 Å². The number of rotatable bonds is 5. The lowest BCUT2D eigenvalue weighted by Crippen LogP contribution is -2.24. The van der Waals surface area contributed by atoms with Crippen LogP contribution in [0.25, 0.3) is 0 Å². The average Bonchev–Trinajstić information content (AvgIpc) is 2.23. The van der Waals surface area contributed by atoms with Gasteiger partial charge in [-0.05, 0) is 34.9 Å². The minimum atomic E-state index is 0.116. The second-order valence-corrected chi connectivity index (χ2v) is 6.62. The summed E-state index contributed by atoms with van der Waals surface area (Å²) in [6.45, 7) is 11.4. The number of aldehydes is 1. The van der Waals surface area contributed by atoms with Gasteiger partial charge in [-0.25, -0.2) is 0 Å².